The summed E-state index contributed by atoms with van der Waals surface area (Å²) in [5.41, 5.74) is 0.305. The maximum Gasteiger partial charge on any atom is 0.270 e. The van der Waals surface area contributed by atoms with Crippen LogP contribution < -0.4 is 10.6 Å². The smallest absolute Gasteiger partial charge is 0.270 e. The van der Waals surface area contributed by atoms with Crippen molar-refractivity contribution in [1.29, 1.82) is 0 Å². The van der Waals surface area contributed by atoms with E-state index in [9.17, 15) is 9.59 Å². The van der Waals surface area contributed by atoms with Gasteiger partial charge in [0.05, 0.1) is 6.33 Å². The molecule has 0 radical (unpaired) electrons. The molecular formula is C11H13N5O2S. The van der Waals surface area contributed by atoms with E-state index in [1.165, 1.54) is 18.3 Å². The monoisotopic (exact) mass is 279 g/mol. The molecule has 7 nitrogen and oxygen atoms in total. The number of carbonyl (C=O) groups is 2. The molecule has 2 rings (SSSR count). The molecule has 0 unspecified atom stereocenters. The molecule has 2 heterocycles. The number of aromatic nitrogens is 3. The lowest BCUT2D eigenvalue weighted by atomic mass is 10.4. The molecule has 0 bridgehead atoms. The third-order valence-electron chi connectivity index (χ3n) is 2.23. The van der Waals surface area contributed by atoms with Gasteiger partial charge in [-0.1, -0.05) is 0 Å². The summed E-state index contributed by atoms with van der Waals surface area (Å²) in [7, 11) is 0. The fraction of sp³-hybridized carbons (Fsp3) is 0.273. The van der Waals surface area contributed by atoms with Crippen LogP contribution in [0, 0.1) is 0 Å². The highest BCUT2D eigenvalue weighted by atomic mass is 32.1. The van der Waals surface area contributed by atoms with Crippen LogP contribution in [0.25, 0.3) is 0 Å². The quantitative estimate of drug-likeness (QED) is 0.844. The van der Waals surface area contributed by atoms with Crippen LogP contribution in [-0.2, 0) is 11.3 Å². The lowest BCUT2D eigenvalue weighted by molar-refractivity contribution is -0.114. The first-order chi connectivity index (χ1) is 9.15. The Morgan fingerprint density at radius 1 is 1.47 bits per heavy atom. The van der Waals surface area contributed by atoms with Gasteiger partial charge in [0.1, 0.15) is 5.69 Å². The Morgan fingerprint density at radius 2 is 2.32 bits per heavy atom. The molecule has 0 spiro atoms. The number of anilines is 1. The first-order valence-corrected chi connectivity index (χ1v) is 6.50. The van der Waals surface area contributed by atoms with Gasteiger partial charge in [0.2, 0.25) is 5.91 Å². The Balaban J connectivity index is 1.82. The van der Waals surface area contributed by atoms with Gasteiger partial charge in [-0.25, -0.2) is 9.97 Å². The Bertz CT molecular complexity index is 563. The maximum absolute atomic E-state index is 11.8. The van der Waals surface area contributed by atoms with Gasteiger partial charge in [0.25, 0.3) is 5.91 Å². The number of hydrogen-bond acceptors (Lipinski definition) is 5. The van der Waals surface area contributed by atoms with Crippen LogP contribution in [0.3, 0.4) is 0 Å². The predicted octanol–water partition coefficient (Wildman–Crippen LogP) is 0.728. The maximum atomic E-state index is 11.8. The van der Waals surface area contributed by atoms with Crippen molar-refractivity contribution < 1.29 is 9.59 Å². The minimum Gasteiger partial charge on any atom is -0.349 e. The van der Waals surface area contributed by atoms with Crippen LogP contribution in [-0.4, -0.2) is 32.9 Å². The number of thiazole rings is 1. The number of hydrogen-bond donors (Lipinski definition) is 2. The van der Waals surface area contributed by atoms with Crippen molar-refractivity contribution in [2.75, 3.05) is 11.9 Å². The Morgan fingerprint density at radius 3 is 3.00 bits per heavy atom. The summed E-state index contributed by atoms with van der Waals surface area (Å²) in [5, 5.41) is 7.31. The lowest BCUT2D eigenvalue weighted by Gasteiger charge is -2.03. The molecule has 0 aliphatic heterocycles. The van der Waals surface area contributed by atoms with Gasteiger partial charge in [-0.2, -0.15) is 0 Å². The second-order valence-electron chi connectivity index (χ2n) is 3.78. The van der Waals surface area contributed by atoms with Gasteiger partial charge < -0.3 is 15.2 Å². The highest BCUT2D eigenvalue weighted by molar-refractivity contribution is 7.14. The minimum atomic E-state index is -0.257. The van der Waals surface area contributed by atoms with E-state index in [2.05, 4.69) is 20.6 Å². The van der Waals surface area contributed by atoms with Gasteiger partial charge in [-0.05, 0) is 0 Å². The van der Waals surface area contributed by atoms with E-state index >= 15 is 0 Å². The van der Waals surface area contributed by atoms with Crippen molar-refractivity contribution in [3.63, 3.8) is 0 Å². The van der Waals surface area contributed by atoms with Crippen molar-refractivity contribution in [2.24, 2.45) is 0 Å². The summed E-state index contributed by atoms with van der Waals surface area (Å²) in [5.74, 6) is -0.464. The molecular weight excluding hydrogens is 266 g/mol. The normalized spacial score (nSPS) is 10.2. The van der Waals surface area contributed by atoms with Crippen LogP contribution in [0.1, 0.15) is 17.4 Å². The molecule has 0 aromatic carbocycles. The first-order valence-electron chi connectivity index (χ1n) is 5.62. The fourth-order valence-corrected chi connectivity index (χ4v) is 2.13. The summed E-state index contributed by atoms with van der Waals surface area (Å²) < 4.78 is 1.87. The van der Waals surface area contributed by atoms with E-state index in [0.29, 0.717) is 23.9 Å². The second kappa shape index (κ2) is 6.10. The lowest BCUT2D eigenvalue weighted by Crippen LogP contribution is -2.27. The molecule has 0 saturated carbocycles. The SMILES string of the molecule is CC(=O)Nc1nc(C(=O)NCCn2ccnc2)cs1. The number of nitrogens with one attached hydrogen (secondary N) is 2. The molecule has 0 fully saturated rings. The molecule has 2 amide bonds. The summed E-state index contributed by atoms with van der Waals surface area (Å²) in [6.45, 7) is 2.53. The van der Waals surface area contributed by atoms with Crippen LogP contribution in [0.2, 0.25) is 0 Å². The number of imidazole rings is 1. The Labute approximate surface area is 113 Å². The Hall–Kier alpha value is -2.22. The Kier molecular flexibility index (Phi) is 4.24. The zero-order valence-electron chi connectivity index (χ0n) is 10.3. The molecule has 2 N–H and O–H groups in total. The van der Waals surface area contributed by atoms with Crippen molar-refractivity contribution in [1.82, 2.24) is 19.9 Å². The van der Waals surface area contributed by atoms with E-state index in [0.717, 1.165) is 0 Å². The molecule has 0 aliphatic carbocycles. The third-order valence-corrected chi connectivity index (χ3v) is 2.99. The van der Waals surface area contributed by atoms with Crippen LogP contribution in [0.5, 0.6) is 0 Å². The number of carbonyl (C=O) groups excluding carboxylic acids is 2. The highest BCUT2D eigenvalue weighted by Crippen LogP contribution is 2.14. The van der Waals surface area contributed by atoms with Gasteiger partial charge in [0.15, 0.2) is 5.13 Å². The zero-order valence-corrected chi connectivity index (χ0v) is 11.1. The number of rotatable bonds is 5. The summed E-state index contributed by atoms with van der Waals surface area (Å²) in [6.07, 6.45) is 5.19. The largest absolute Gasteiger partial charge is 0.349 e. The van der Waals surface area contributed by atoms with Crippen LogP contribution >= 0.6 is 11.3 Å². The van der Waals surface area contributed by atoms with E-state index in [-0.39, 0.29) is 11.8 Å². The van der Waals surface area contributed by atoms with Gasteiger partial charge >= 0.3 is 0 Å². The fourth-order valence-electron chi connectivity index (χ4n) is 1.39. The van der Waals surface area contributed by atoms with Crippen LogP contribution in [0.15, 0.2) is 24.1 Å². The summed E-state index contributed by atoms with van der Waals surface area (Å²) >= 11 is 1.22. The number of amides is 2. The molecule has 8 heteroatoms. The van der Waals surface area contributed by atoms with Crippen LogP contribution in [0.4, 0.5) is 5.13 Å². The van der Waals surface area contributed by atoms with E-state index in [1.807, 2.05) is 10.8 Å². The predicted molar refractivity (Wildman–Crippen MR) is 71.0 cm³/mol. The first kappa shape index (κ1) is 13.2. The summed E-state index contributed by atoms with van der Waals surface area (Å²) in [6, 6.07) is 0. The molecule has 0 atom stereocenters. The molecule has 0 aliphatic rings. The van der Waals surface area contributed by atoms with Crippen molar-refractivity contribution in [2.45, 2.75) is 13.5 Å². The minimum absolute atomic E-state index is 0.207. The van der Waals surface area contributed by atoms with E-state index in [1.54, 1.807) is 17.9 Å². The van der Waals surface area contributed by atoms with Crippen molar-refractivity contribution >= 4 is 28.3 Å². The average Bonchev–Trinajstić information content (AvgIpc) is 2.99. The highest BCUT2D eigenvalue weighted by Gasteiger charge is 2.10. The standard InChI is InChI=1S/C11H13N5O2S/c1-8(17)14-11-15-9(6-19-11)10(18)13-3-5-16-4-2-12-7-16/h2,4,6-7H,3,5H2,1H3,(H,13,18)(H,14,15,17). The molecule has 2 aromatic rings. The van der Waals surface area contributed by atoms with Gasteiger partial charge in [-0.15, -0.1) is 11.3 Å². The molecule has 2 aromatic heterocycles. The summed E-state index contributed by atoms with van der Waals surface area (Å²) in [4.78, 5) is 30.5. The number of nitrogens with zero attached hydrogens (tertiary/aromatic N) is 3. The van der Waals surface area contributed by atoms with E-state index < -0.39 is 0 Å². The van der Waals surface area contributed by atoms with Gasteiger partial charge in [-0.3, -0.25) is 9.59 Å². The van der Waals surface area contributed by atoms with Crippen molar-refractivity contribution in [3.8, 4) is 0 Å². The van der Waals surface area contributed by atoms with Gasteiger partial charge in [0, 0.05) is 37.8 Å². The zero-order chi connectivity index (χ0) is 13.7. The average molecular weight is 279 g/mol. The molecule has 19 heavy (non-hydrogen) atoms. The molecule has 100 valence electrons. The van der Waals surface area contributed by atoms with E-state index in [4.69, 9.17) is 0 Å². The molecule has 0 saturated heterocycles. The second-order valence-corrected chi connectivity index (χ2v) is 4.63. The topological polar surface area (TPSA) is 88.9 Å². The third kappa shape index (κ3) is 3.88. The van der Waals surface area contributed by atoms with Crippen molar-refractivity contribution in [3.05, 3.63) is 29.8 Å².